The predicted octanol–water partition coefficient (Wildman–Crippen LogP) is 2.27. The number of aromatic nitrogens is 2. The Morgan fingerprint density at radius 2 is 1.90 bits per heavy atom. The summed E-state index contributed by atoms with van der Waals surface area (Å²) in [6, 6.07) is 11.8. The molecule has 152 valence electrons. The van der Waals surface area contributed by atoms with Gasteiger partial charge < -0.3 is 14.5 Å². The molecule has 10 heteroatoms. The lowest BCUT2D eigenvalue weighted by Crippen LogP contribution is -2.16. The summed E-state index contributed by atoms with van der Waals surface area (Å²) in [7, 11) is -2.66. The Morgan fingerprint density at radius 3 is 2.55 bits per heavy atom. The van der Waals surface area contributed by atoms with E-state index in [-0.39, 0.29) is 35.1 Å². The van der Waals surface area contributed by atoms with Crippen molar-refractivity contribution in [1.29, 1.82) is 0 Å². The van der Waals surface area contributed by atoms with Crippen molar-refractivity contribution in [2.45, 2.75) is 24.7 Å². The lowest BCUT2D eigenvalue weighted by Gasteiger charge is -2.10. The van der Waals surface area contributed by atoms with E-state index < -0.39 is 10.0 Å². The topological polar surface area (TPSA) is 137 Å². The molecule has 0 radical (unpaired) electrons. The quantitative estimate of drug-likeness (QED) is 0.602. The number of sulfonamides is 1. The van der Waals surface area contributed by atoms with E-state index in [4.69, 9.17) is 14.3 Å². The molecule has 0 spiro atoms. The van der Waals surface area contributed by atoms with E-state index in [2.05, 4.69) is 15.5 Å². The Kier molecular flexibility index (Phi) is 5.95. The third-order valence-electron chi connectivity index (χ3n) is 4.09. The number of amides is 1. The largest absolute Gasteiger partial charge is 0.495 e. The normalized spacial score (nSPS) is 11.3. The van der Waals surface area contributed by atoms with Crippen LogP contribution in [0.4, 0.5) is 5.69 Å². The summed E-state index contributed by atoms with van der Waals surface area (Å²) in [5, 5.41) is 15.7. The van der Waals surface area contributed by atoms with Gasteiger partial charge >= 0.3 is 0 Å². The van der Waals surface area contributed by atoms with Gasteiger partial charge in [0.05, 0.1) is 7.11 Å². The standard InChI is InChI=1S/C19H20N4O5S/c1-12-3-5-13(6-4-12)19-23-22-18(28-19)10-9-17(24)21-14-7-8-15(27-2)16(11-14)29(20,25)26/h3-8,11H,9-10H2,1-2H3,(H,21,24)(H2,20,25,26). The first-order chi connectivity index (χ1) is 13.8. The van der Waals surface area contributed by atoms with Crippen LogP contribution in [-0.2, 0) is 21.2 Å². The molecule has 29 heavy (non-hydrogen) atoms. The minimum absolute atomic E-state index is 0.0757. The fourth-order valence-corrected chi connectivity index (χ4v) is 3.31. The highest BCUT2D eigenvalue weighted by molar-refractivity contribution is 7.89. The highest BCUT2D eigenvalue weighted by atomic mass is 32.2. The van der Waals surface area contributed by atoms with E-state index in [1.165, 1.54) is 25.3 Å². The van der Waals surface area contributed by atoms with Crippen molar-refractivity contribution in [2.24, 2.45) is 5.14 Å². The lowest BCUT2D eigenvalue weighted by molar-refractivity contribution is -0.116. The second-order valence-corrected chi connectivity index (χ2v) is 7.86. The summed E-state index contributed by atoms with van der Waals surface area (Å²) in [6.45, 7) is 1.98. The maximum absolute atomic E-state index is 12.2. The molecule has 0 fully saturated rings. The fraction of sp³-hybridized carbons (Fsp3) is 0.211. The van der Waals surface area contributed by atoms with Gasteiger partial charge in [-0.25, -0.2) is 13.6 Å². The molecule has 1 amide bonds. The first kappa shape index (κ1) is 20.5. The Bertz CT molecular complexity index is 1120. The number of methoxy groups -OCH3 is 1. The van der Waals surface area contributed by atoms with Gasteiger partial charge in [-0.15, -0.1) is 10.2 Å². The van der Waals surface area contributed by atoms with Gasteiger partial charge in [-0.1, -0.05) is 17.7 Å². The van der Waals surface area contributed by atoms with Gasteiger partial charge in [0.1, 0.15) is 10.6 Å². The zero-order valence-corrected chi connectivity index (χ0v) is 16.7. The number of aryl methyl sites for hydroxylation is 2. The molecule has 2 aromatic carbocycles. The van der Waals surface area contributed by atoms with Gasteiger partial charge in [-0.05, 0) is 37.3 Å². The van der Waals surface area contributed by atoms with Crippen molar-refractivity contribution in [3.63, 3.8) is 0 Å². The van der Waals surface area contributed by atoms with Crippen LogP contribution < -0.4 is 15.2 Å². The molecule has 0 saturated carbocycles. The molecule has 3 rings (SSSR count). The monoisotopic (exact) mass is 416 g/mol. The van der Waals surface area contributed by atoms with Crippen LogP contribution in [0.15, 0.2) is 51.8 Å². The number of carbonyl (C=O) groups excluding carboxylic acids is 1. The number of nitrogens with two attached hydrogens (primary N) is 1. The van der Waals surface area contributed by atoms with Crippen molar-refractivity contribution >= 4 is 21.6 Å². The third-order valence-corrected chi connectivity index (χ3v) is 5.02. The zero-order chi connectivity index (χ0) is 21.0. The molecule has 0 saturated heterocycles. The van der Waals surface area contributed by atoms with E-state index in [9.17, 15) is 13.2 Å². The van der Waals surface area contributed by atoms with Crippen molar-refractivity contribution in [3.05, 3.63) is 53.9 Å². The van der Waals surface area contributed by atoms with Crippen LogP contribution in [0.1, 0.15) is 17.9 Å². The summed E-state index contributed by atoms with van der Waals surface area (Å²) in [5.41, 5.74) is 2.20. The Morgan fingerprint density at radius 1 is 1.17 bits per heavy atom. The molecule has 3 aromatic rings. The van der Waals surface area contributed by atoms with Gasteiger partial charge in [-0.2, -0.15) is 0 Å². The van der Waals surface area contributed by atoms with E-state index in [1.54, 1.807) is 0 Å². The summed E-state index contributed by atoms with van der Waals surface area (Å²) in [6.07, 6.45) is 0.315. The molecular formula is C19H20N4O5S. The Hall–Kier alpha value is -3.24. The third kappa shape index (κ3) is 5.18. The van der Waals surface area contributed by atoms with Crippen LogP contribution in [0.5, 0.6) is 5.75 Å². The van der Waals surface area contributed by atoms with E-state index in [1.807, 2.05) is 31.2 Å². The molecule has 0 aliphatic carbocycles. The van der Waals surface area contributed by atoms with Gasteiger partial charge in [0, 0.05) is 24.1 Å². The van der Waals surface area contributed by atoms with E-state index in [0.29, 0.717) is 11.8 Å². The Labute approximate surface area is 167 Å². The maximum atomic E-state index is 12.2. The molecule has 0 aliphatic rings. The number of nitrogens with zero attached hydrogens (tertiary/aromatic N) is 2. The number of hydrogen-bond acceptors (Lipinski definition) is 7. The van der Waals surface area contributed by atoms with Gasteiger partial charge in [0.15, 0.2) is 0 Å². The highest BCUT2D eigenvalue weighted by Crippen LogP contribution is 2.26. The molecule has 1 heterocycles. The lowest BCUT2D eigenvalue weighted by atomic mass is 10.1. The minimum Gasteiger partial charge on any atom is -0.495 e. The molecule has 3 N–H and O–H groups in total. The number of benzene rings is 2. The number of primary sulfonamides is 1. The molecule has 0 atom stereocenters. The summed E-state index contributed by atoms with van der Waals surface area (Å²) >= 11 is 0. The first-order valence-electron chi connectivity index (χ1n) is 8.66. The smallest absolute Gasteiger partial charge is 0.247 e. The average Bonchev–Trinajstić information content (AvgIpc) is 3.15. The first-order valence-corrected chi connectivity index (χ1v) is 10.2. The van der Waals surface area contributed by atoms with Crippen molar-refractivity contribution < 1.29 is 22.4 Å². The summed E-state index contributed by atoms with van der Waals surface area (Å²) in [5.74, 6) is 0.467. The molecule has 0 unspecified atom stereocenters. The van der Waals surface area contributed by atoms with Gasteiger partial charge in [0.2, 0.25) is 27.7 Å². The van der Waals surface area contributed by atoms with Crippen LogP contribution in [0.3, 0.4) is 0 Å². The second-order valence-electron chi connectivity index (χ2n) is 6.33. The fourth-order valence-electron chi connectivity index (χ4n) is 2.59. The van der Waals surface area contributed by atoms with Crippen molar-refractivity contribution in [3.8, 4) is 17.2 Å². The van der Waals surface area contributed by atoms with Gasteiger partial charge in [0.25, 0.3) is 0 Å². The van der Waals surface area contributed by atoms with Crippen LogP contribution >= 0.6 is 0 Å². The van der Waals surface area contributed by atoms with Crippen LogP contribution in [-0.4, -0.2) is 31.6 Å². The van der Waals surface area contributed by atoms with Crippen molar-refractivity contribution in [1.82, 2.24) is 10.2 Å². The Balaban J connectivity index is 1.63. The number of rotatable bonds is 7. The average molecular weight is 416 g/mol. The molecule has 0 bridgehead atoms. The van der Waals surface area contributed by atoms with Crippen molar-refractivity contribution in [2.75, 3.05) is 12.4 Å². The summed E-state index contributed by atoms with van der Waals surface area (Å²) in [4.78, 5) is 12.0. The highest BCUT2D eigenvalue weighted by Gasteiger charge is 2.17. The van der Waals surface area contributed by atoms with E-state index >= 15 is 0 Å². The minimum atomic E-state index is -4.00. The number of nitrogens with one attached hydrogen (secondary N) is 1. The molecule has 9 nitrogen and oxygen atoms in total. The zero-order valence-electron chi connectivity index (χ0n) is 15.9. The van der Waals surface area contributed by atoms with Gasteiger partial charge in [-0.3, -0.25) is 4.79 Å². The van der Waals surface area contributed by atoms with Crippen LogP contribution in [0, 0.1) is 6.92 Å². The van der Waals surface area contributed by atoms with Crippen LogP contribution in [0.25, 0.3) is 11.5 Å². The number of ether oxygens (including phenoxy) is 1. The number of hydrogen-bond donors (Lipinski definition) is 2. The number of carbonyl (C=O) groups is 1. The number of anilines is 1. The SMILES string of the molecule is COc1ccc(NC(=O)CCc2nnc(-c3ccc(C)cc3)o2)cc1S(N)(=O)=O. The molecule has 1 aromatic heterocycles. The van der Waals surface area contributed by atoms with Crippen LogP contribution in [0.2, 0.25) is 0 Å². The second kappa shape index (κ2) is 8.41. The molecular weight excluding hydrogens is 396 g/mol. The molecule has 0 aliphatic heterocycles. The summed E-state index contributed by atoms with van der Waals surface area (Å²) < 4.78 is 33.9. The maximum Gasteiger partial charge on any atom is 0.247 e. The van der Waals surface area contributed by atoms with E-state index in [0.717, 1.165) is 11.1 Å². The predicted molar refractivity (Wildman–Crippen MR) is 106 cm³/mol.